The van der Waals surface area contributed by atoms with E-state index < -0.39 is 0 Å². The Morgan fingerprint density at radius 3 is 2.71 bits per heavy atom. The lowest BCUT2D eigenvalue weighted by atomic mass is 9.99. The summed E-state index contributed by atoms with van der Waals surface area (Å²) in [7, 11) is 4.15. The van der Waals surface area contributed by atoms with Gasteiger partial charge in [-0.1, -0.05) is 31.2 Å². The van der Waals surface area contributed by atoms with Crippen LogP contribution in [0.15, 0.2) is 36.7 Å². The first-order valence-corrected chi connectivity index (χ1v) is 7.12. The second-order valence-corrected chi connectivity index (χ2v) is 5.40. The lowest BCUT2D eigenvalue weighted by molar-refractivity contribution is 0.403. The maximum absolute atomic E-state index is 4.51. The smallest absolute Gasteiger partial charge is 0.185 e. The molecule has 0 atom stereocenters. The highest BCUT2D eigenvalue weighted by atomic mass is 15.3. The minimum atomic E-state index is 0.804. The summed E-state index contributed by atoms with van der Waals surface area (Å²) < 4.78 is 1.76. The molecule has 0 bridgehead atoms. The van der Waals surface area contributed by atoms with Gasteiger partial charge in [-0.05, 0) is 37.7 Å². The molecule has 0 aliphatic heterocycles. The SMILES string of the molecule is CCc1cc(-c2ccccc2CN(C)C)c2nncn2n1. The van der Waals surface area contributed by atoms with E-state index in [1.807, 2.05) is 0 Å². The molecule has 108 valence electrons. The Balaban J connectivity index is 2.22. The zero-order chi connectivity index (χ0) is 14.8. The Bertz CT molecular complexity index is 760. The molecule has 21 heavy (non-hydrogen) atoms. The van der Waals surface area contributed by atoms with Crippen LogP contribution in [0.4, 0.5) is 0 Å². The van der Waals surface area contributed by atoms with E-state index in [0.717, 1.165) is 29.9 Å². The van der Waals surface area contributed by atoms with E-state index in [4.69, 9.17) is 0 Å². The van der Waals surface area contributed by atoms with Gasteiger partial charge in [0.05, 0.1) is 5.69 Å². The number of rotatable bonds is 4. The van der Waals surface area contributed by atoms with Crippen molar-refractivity contribution in [3.8, 4) is 11.1 Å². The van der Waals surface area contributed by atoms with Gasteiger partial charge in [-0.2, -0.15) is 9.61 Å². The Morgan fingerprint density at radius 2 is 1.95 bits per heavy atom. The molecule has 2 heterocycles. The molecule has 1 aromatic carbocycles. The second kappa shape index (κ2) is 5.61. The van der Waals surface area contributed by atoms with Gasteiger partial charge >= 0.3 is 0 Å². The predicted molar refractivity (Wildman–Crippen MR) is 83.0 cm³/mol. The molecular weight excluding hydrogens is 262 g/mol. The highest BCUT2D eigenvalue weighted by molar-refractivity contribution is 5.79. The minimum absolute atomic E-state index is 0.804. The van der Waals surface area contributed by atoms with Gasteiger partial charge in [0.1, 0.15) is 6.33 Å². The summed E-state index contributed by atoms with van der Waals surface area (Å²) >= 11 is 0. The first-order chi connectivity index (χ1) is 10.2. The Hall–Kier alpha value is -2.27. The number of aromatic nitrogens is 4. The maximum atomic E-state index is 4.51. The van der Waals surface area contributed by atoms with Crippen LogP contribution in [0.1, 0.15) is 18.2 Å². The minimum Gasteiger partial charge on any atom is -0.305 e. The molecule has 0 saturated heterocycles. The number of hydrogen-bond acceptors (Lipinski definition) is 4. The highest BCUT2D eigenvalue weighted by Gasteiger charge is 2.13. The van der Waals surface area contributed by atoms with E-state index in [0.29, 0.717) is 0 Å². The van der Waals surface area contributed by atoms with Crippen molar-refractivity contribution in [2.75, 3.05) is 14.1 Å². The van der Waals surface area contributed by atoms with Crippen molar-refractivity contribution in [3.63, 3.8) is 0 Å². The molecule has 0 radical (unpaired) electrons. The molecule has 0 N–H and O–H groups in total. The largest absolute Gasteiger partial charge is 0.305 e. The topological polar surface area (TPSA) is 46.3 Å². The fourth-order valence-corrected chi connectivity index (χ4v) is 2.51. The van der Waals surface area contributed by atoms with E-state index >= 15 is 0 Å². The fraction of sp³-hybridized carbons (Fsp3) is 0.312. The highest BCUT2D eigenvalue weighted by Crippen LogP contribution is 2.28. The normalized spacial score (nSPS) is 11.4. The zero-order valence-corrected chi connectivity index (χ0v) is 12.6. The van der Waals surface area contributed by atoms with Crippen LogP contribution in [0, 0.1) is 0 Å². The van der Waals surface area contributed by atoms with Crippen LogP contribution in [0.2, 0.25) is 0 Å². The third-order valence-corrected chi connectivity index (χ3v) is 3.47. The summed E-state index contributed by atoms with van der Waals surface area (Å²) in [4.78, 5) is 2.17. The van der Waals surface area contributed by atoms with Gasteiger partial charge < -0.3 is 4.90 Å². The maximum Gasteiger partial charge on any atom is 0.185 e. The molecule has 0 aliphatic carbocycles. The molecule has 3 aromatic rings. The average Bonchev–Trinajstić information content (AvgIpc) is 2.94. The molecule has 0 unspecified atom stereocenters. The lowest BCUT2D eigenvalue weighted by Crippen LogP contribution is -2.11. The second-order valence-electron chi connectivity index (χ2n) is 5.40. The molecular formula is C16H19N5. The average molecular weight is 281 g/mol. The van der Waals surface area contributed by atoms with Gasteiger partial charge in [-0.25, -0.2) is 0 Å². The molecule has 5 nitrogen and oxygen atoms in total. The van der Waals surface area contributed by atoms with Crippen molar-refractivity contribution in [1.29, 1.82) is 0 Å². The number of nitrogens with zero attached hydrogens (tertiary/aromatic N) is 5. The van der Waals surface area contributed by atoms with Crippen molar-refractivity contribution in [1.82, 2.24) is 24.7 Å². The molecule has 2 aromatic heterocycles. The number of hydrogen-bond donors (Lipinski definition) is 0. The first kappa shape index (κ1) is 13.7. The van der Waals surface area contributed by atoms with Crippen LogP contribution in [0.25, 0.3) is 16.8 Å². The molecule has 0 spiro atoms. The van der Waals surface area contributed by atoms with Gasteiger partial charge in [0.15, 0.2) is 5.65 Å². The van der Waals surface area contributed by atoms with Crippen LogP contribution in [0.5, 0.6) is 0 Å². The Kier molecular flexibility index (Phi) is 3.66. The van der Waals surface area contributed by atoms with Crippen LogP contribution in [-0.2, 0) is 13.0 Å². The van der Waals surface area contributed by atoms with E-state index in [2.05, 4.69) is 71.5 Å². The van der Waals surface area contributed by atoms with Gasteiger partial charge in [0.25, 0.3) is 0 Å². The van der Waals surface area contributed by atoms with Gasteiger partial charge in [-0.15, -0.1) is 10.2 Å². The molecule has 0 amide bonds. The van der Waals surface area contributed by atoms with Crippen molar-refractivity contribution in [3.05, 3.63) is 47.9 Å². The van der Waals surface area contributed by atoms with Crippen molar-refractivity contribution < 1.29 is 0 Å². The van der Waals surface area contributed by atoms with E-state index in [1.54, 1.807) is 10.8 Å². The van der Waals surface area contributed by atoms with Gasteiger partial charge in [0, 0.05) is 12.1 Å². The van der Waals surface area contributed by atoms with E-state index in [9.17, 15) is 0 Å². The summed E-state index contributed by atoms with van der Waals surface area (Å²) in [6.45, 7) is 2.99. The standard InChI is InChI=1S/C16H19N5/c1-4-13-9-15(16-18-17-11-21(16)19-13)14-8-6-5-7-12(14)10-20(2)3/h5-9,11H,4,10H2,1-3H3. The van der Waals surface area contributed by atoms with Gasteiger partial charge in [-0.3, -0.25) is 0 Å². The monoisotopic (exact) mass is 281 g/mol. The molecule has 3 rings (SSSR count). The lowest BCUT2D eigenvalue weighted by Gasteiger charge is -2.15. The third-order valence-electron chi connectivity index (χ3n) is 3.47. The van der Waals surface area contributed by atoms with Crippen molar-refractivity contribution in [2.24, 2.45) is 0 Å². The summed E-state index contributed by atoms with van der Waals surface area (Å²) in [6, 6.07) is 10.6. The van der Waals surface area contributed by atoms with Crippen molar-refractivity contribution >= 4 is 5.65 Å². The molecule has 0 fully saturated rings. The summed E-state index contributed by atoms with van der Waals surface area (Å²) in [5, 5.41) is 12.7. The summed E-state index contributed by atoms with van der Waals surface area (Å²) in [5.74, 6) is 0. The van der Waals surface area contributed by atoms with Crippen LogP contribution >= 0.6 is 0 Å². The molecule has 0 saturated carbocycles. The quantitative estimate of drug-likeness (QED) is 0.737. The first-order valence-electron chi connectivity index (χ1n) is 7.12. The summed E-state index contributed by atoms with van der Waals surface area (Å²) in [5.41, 5.74) is 5.41. The van der Waals surface area contributed by atoms with E-state index in [1.165, 1.54) is 11.1 Å². The number of aryl methyl sites for hydroxylation is 1. The van der Waals surface area contributed by atoms with Crippen LogP contribution < -0.4 is 0 Å². The summed E-state index contributed by atoms with van der Waals surface area (Å²) in [6.07, 6.45) is 2.55. The third kappa shape index (κ3) is 2.64. The number of benzene rings is 1. The van der Waals surface area contributed by atoms with Gasteiger partial charge in [0.2, 0.25) is 0 Å². The van der Waals surface area contributed by atoms with Crippen molar-refractivity contribution in [2.45, 2.75) is 19.9 Å². The van der Waals surface area contributed by atoms with Crippen LogP contribution in [-0.4, -0.2) is 38.8 Å². The predicted octanol–water partition coefficient (Wildman–Crippen LogP) is 2.42. The van der Waals surface area contributed by atoms with E-state index in [-0.39, 0.29) is 0 Å². The molecule has 5 heteroatoms. The van der Waals surface area contributed by atoms with Crippen LogP contribution in [0.3, 0.4) is 0 Å². The Morgan fingerprint density at radius 1 is 1.14 bits per heavy atom. The zero-order valence-electron chi connectivity index (χ0n) is 12.6. The fourth-order valence-electron chi connectivity index (χ4n) is 2.51. The molecule has 0 aliphatic rings. The number of fused-ring (bicyclic) bond motifs is 1. The Labute approximate surface area is 124 Å².